The van der Waals surface area contributed by atoms with Crippen LogP contribution in [0.25, 0.3) is 6.08 Å². The fourth-order valence-electron chi connectivity index (χ4n) is 2.92. The van der Waals surface area contributed by atoms with Crippen molar-refractivity contribution in [2.45, 2.75) is 13.0 Å². The molecule has 2 amide bonds. The summed E-state index contributed by atoms with van der Waals surface area (Å²) < 4.78 is 13.0. The Morgan fingerprint density at radius 2 is 1.72 bits per heavy atom. The van der Waals surface area contributed by atoms with Gasteiger partial charge in [-0.05, 0) is 60.5 Å². The summed E-state index contributed by atoms with van der Waals surface area (Å²) in [5, 5.41) is 16.4. The molecular formula is C24H20FN3O4. The largest absolute Gasteiger partial charge is 0.346 e. The van der Waals surface area contributed by atoms with Gasteiger partial charge in [0.2, 0.25) is 5.91 Å². The lowest BCUT2D eigenvalue weighted by molar-refractivity contribution is -0.384. The lowest BCUT2D eigenvalue weighted by atomic mass is 10.1. The smallest absolute Gasteiger partial charge is 0.270 e. The molecule has 0 aliphatic rings. The third kappa shape index (κ3) is 6.09. The highest BCUT2D eigenvalue weighted by molar-refractivity contribution is 6.04. The van der Waals surface area contributed by atoms with Gasteiger partial charge < -0.3 is 10.6 Å². The summed E-state index contributed by atoms with van der Waals surface area (Å²) in [5.41, 5.74) is 2.22. The van der Waals surface area contributed by atoms with E-state index in [4.69, 9.17) is 0 Å². The number of hydrogen-bond donors (Lipinski definition) is 2. The lowest BCUT2D eigenvalue weighted by Gasteiger charge is -2.14. The Hall–Kier alpha value is -4.33. The van der Waals surface area contributed by atoms with Gasteiger partial charge in [-0.2, -0.15) is 0 Å². The van der Waals surface area contributed by atoms with E-state index in [0.29, 0.717) is 16.8 Å². The number of rotatable bonds is 7. The molecule has 3 aromatic carbocycles. The number of amides is 2. The number of benzene rings is 3. The summed E-state index contributed by atoms with van der Waals surface area (Å²) in [4.78, 5) is 34.7. The van der Waals surface area contributed by atoms with Gasteiger partial charge in [-0.3, -0.25) is 19.7 Å². The van der Waals surface area contributed by atoms with E-state index in [9.17, 15) is 24.1 Å². The van der Waals surface area contributed by atoms with Crippen molar-refractivity contribution in [3.8, 4) is 0 Å². The first-order valence-electron chi connectivity index (χ1n) is 9.72. The zero-order valence-electron chi connectivity index (χ0n) is 17.1. The van der Waals surface area contributed by atoms with E-state index in [1.54, 1.807) is 36.4 Å². The highest BCUT2D eigenvalue weighted by atomic mass is 19.1. The minimum absolute atomic E-state index is 0.0486. The average Bonchev–Trinajstić information content (AvgIpc) is 2.78. The molecule has 0 aliphatic carbocycles. The number of hydrogen-bond acceptors (Lipinski definition) is 4. The van der Waals surface area contributed by atoms with Gasteiger partial charge in [0.15, 0.2) is 0 Å². The van der Waals surface area contributed by atoms with Crippen molar-refractivity contribution in [3.63, 3.8) is 0 Å². The van der Waals surface area contributed by atoms with Gasteiger partial charge >= 0.3 is 0 Å². The van der Waals surface area contributed by atoms with Crippen LogP contribution in [0.15, 0.2) is 78.9 Å². The molecule has 162 valence electrons. The molecular weight excluding hydrogens is 413 g/mol. The number of carbonyl (C=O) groups is 2. The molecule has 0 saturated heterocycles. The Kier molecular flexibility index (Phi) is 7.07. The summed E-state index contributed by atoms with van der Waals surface area (Å²) in [7, 11) is 0. The molecule has 0 heterocycles. The molecule has 0 radical (unpaired) electrons. The maximum absolute atomic E-state index is 13.0. The van der Waals surface area contributed by atoms with Crippen LogP contribution < -0.4 is 10.6 Å². The van der Waals surface area contributed by atoms with Crippen LogP contribution in [0.4, 0.5) is 15.8 Å². The van der Waals surface area contributed by atoms with Crippen LogP contribution in [-0.2, 0) is 4.79 Å². The van der Waals surface area contributed by atoms with Crippen molar-refractivity contribution < 1.29 is 18.9 Å². The standard InChI is InChI=1S/C24H20FN3O4/c1-16(26-23(29)14-5-17-3-2-4-22(15-17)28(31)32)18-8-12-21(13-9-18)27-24(30)19-6-10-20(25)11-7-19/h2-16H,1H3,(H,26,29)(H,27,30)/b14-5+. The summed E-state index contributed by atoms with van der Waals surface area (Å²) in [6.07, 6.45) is 2.82. The highest BCUT2D eigenvalue weighted by Crippen LogP contribution is 2.18. The first-order valence-corrected chi connectivity index (χ1v) is 9.72. The number of nitro benzene ring substituents is 1. The van der Waals surface area contributed by atoms with Crippen molar-refractivity contribution in [2.24, 2.45) is 0 Å². The normalized spacial score (nSPS) is 11.7. The number of nitrogens with one attached hydrogen (secondary N) is 2. The minimum atomic E-state index is -0.495. The van der Waals surface area contributed by atoms with Crippen LogP contribution in [0, 0.1) is 15.9 Å². The maximum Gasteiger partial charge on any atom is 0.270 e. The fourth-order valence-corrected chi connectivity index (χ4v) is 2.92. The van der Waals surface area contributed by atoms with Crippen molar-refractivity contribution in [1.82, 2.24) is 5.32 Å². The Bertz CT molecular complexity index is 1160. The monoisotopic (exact) mass is 433 g/mol. The molecule has 8 heteroatoms. The third-order valence-electron chi connectivity index (χ3n) is 4.64. The first kappa shape index (κ1) is 22.4. The maximum atomic E-state index is 13.0. The second-order valence-electron chi connectivity index (χ2n) is 7.00. The van der Waals surface area contributed by atoms with Gasteiger partial charge in [0.05, 0.1) is 11.0 Å². The molecule has 3 rings (SSSR count). The number of anilines is 1. The van der Waals surface area contributed by atoms with Gasteiger partial charge in [-0.25, -0.2) is 4.39 Å². The number of carbonyl (C=O) groups excluding carboxylic acids is 2. The van der Waals surface area contributed by atoms with Crippen LogP contribution in [0.2, 0.25) is 0 Å². The summed E-state index contributed by atoms with van der Waals surface area (Å²) >= 11 is 0. The highest BCUT2D eigenvalue weighted by Gasteiger charge is 2.10. The molecule has 0 bridgehead atoms. The topological polar surface area (TPSA) is 101 Å². The number of halogens is 1. The van der Waals surface area contributed by atoms with E-state index in [1.165, 1.54) is 48.6 Å². The van der Waals surface area contributed by atoms with Crippen LogP contribution in [0.1, 0.15) is 34.5 Å². The Morgan fingerprint density at radius 3 is 2.38 bits per heavy atom. The number of non-ortho nitro benzene ring substituents is 1. The molecule has 3 aromatic rings. The zero-order chi connectivity index (χ0) is 23.1. The summed E-state index contributed by atoms with van der Waals surface area (Å²) in [6.45, 7) is 1.81. The SMILES string of the molecule is CC(NC(=O)/C=C/c1cccc([N+](=O)[O-])c1)c1ccc(NC(=O)c2ccc(F)cc2)cc1. The third-order valence-corrected chi connectivity index (χ3v) is 4.64. The lowest BCUT2D eigenvalue weighted by Crippen LogP contribution is -2.24. The van der Waals surface area contributed by atoms with Crippen molar-refractivity contribution in [1.29, 1.82) is 0 Å². The number of nitrogens with zero attached hydrogens (tertiary/aromatic N) is 1. The minimum Gasteiger partial charge on any atom is -0.346 e. The van der Waals surface area contributed by atoms with Crippen LogP contribution in [0.5, 0.6) is 0 Å². The Balaban J connectivity index is 1.57. The second-order valence-corrected chi connectivity index (χ2v) is 7.00. The molecule has 0 aromatic heterocycles. The molecule has 0 aliphatic heterocycles. The first-order chi connectivity index (χ1) is 15.3. The van der Waals surface area contributed by atoms with Gasteiger partial charge in [0.1, 0.15) is 5.82 Å². The van der Waals surface area contributed by atoms with Gasteiger partial charge in [-0.1, -0.05) is 24.3 Å². The second kappa shape index (κ2) is 10.1. The average molecular weight is 433 g/mol. The predicted molar refractivity (Wildman–Crippen MR) is 119 cm³/mol. The summed E-state index contributed by atoms with van der Waals surface area (Å²) in [5.74, 6) is -1.12. The molecule has 7 nitrogen and oxygen atoms in total. The summed E-state index contributed by atoms with van der Waals surface area (Å²) in [6, 6.07) is 17.9. The van der Waals surface area contributed by atoms with E-state index < -0.39 is 10.7 Å². The molecule has 1 atom stereocenters. The van der Waals surface area contributed by atoms with Crippen molar-refractivity contribution in [2.75, 3.05) is 5.32 Å². The van der Waals surface area contributed by atoms with Crippen LogP contribution >= 0.6 is 0 Å². The van der Waals surface area contributed by atoms with Crippen LogP contribution in [-0.4, -0.2) is 16.7 Å². The quantitative estimate of drug-likeness (QED) is 0.315. The molecule has 1 unspecified atom stereocenters. The fraction of sp³-hybridized carbons (Fsp3) is 0.0833. The van der Waals surface area contributed by atoms with E-state index in [-0.39, 0.29) is 23.5 Å². The zero-order valence-corrected chi connectivity index (χ0v) is 17.1. The molecule has 0 fully saturated rings. The van der Waals surface area contributed by atoms with Gasteiger partial charge in [0.25, 0.3) is 11.6 Å². The van der Waals surface area contributed by atoms with Crippen molar-refractivity contribution >= 4 is 29.3 Å². The van der Waals surface area contributed by atoms with E-state index in [2.05, 4.69) is 10.6 Å². The van der Waals surface area contributed by atoms with Crippen molar-refractivity contribution in [3.05, 3.63) is 111 Å². The van der Waals surface area contributed by atoms with E-state index in [1.807, 2.05) is 6.92 Å². The van der Waals surface area contributed by atoms with E-state index in [0.717, 1.165) is 5.56 Å². The Labute approximate surface area is 183 Å². The molecule has 0 spiro atoms. The van der Waals surface area contributed by atoms with Gasteiger partial charge in [0, 0.05) is 29.5 Å². The molecule has 0 saturated carbocycles. The Morgan fingerprint density at radius 1 is 1.03 bits per heavy atom. The van der Waals surface area contributed by atoms with Gasteiger partial charge in [-0.15, -0.1) is 0 Å². The van der Waals surface area contributed by atoms with E-state index >= 15 is 0 Å². The number of nitro groups is 1. The molecule has 32 heavy (non-hydrogen) atoms. The predicted octanol–water partition coefficient (Wildman–Crippen LogP) is 4.88. The van der Waals surface area contributed by atoms with Crippen LogP contribution in [0.3, 0.4) is 0 Å². The molecule has 2 N–H and O–H groups in total.